The molecule has 3 N–H and O–H groups in total. The summed E-state index contributed by atoms with van der Waals surface area (Å²) in [4.78, 5) is 0. The van der Waals surface area contributed by atoms with Crippen LogP contribution in [0.5, 0.6) is 0 Å². The Bertz CT molecular complexity index is 507. The number of sulfonamides is 1. The topological polar surface area (TPSA) is 72.2 Å². The predicted octanol–water partition coefficient (Wildman–Crippen LogP) is 2.57. The van der Waals surface area contributed by atoms with Crippen molar-refractivity contribution in [3.63, 3.8) is 0 Å². The van der Waals surface area contributed by atoms with Crippen LogP contribution in [-0.4, -0.2) is 20.5 Å². The van der Waals surface area contributed by atoms with E-state index >= 15 is 0 Å². The smallest absolute Gasteiger partial charge is 0.215 e. The van der Waals surface area contributed by atoms with Gasteiger partial charge in [0.15, 0.2) is 0 Å². The van der Waals surface area contributed by atoms with Crippen LogP contribution < -0.4 is 10.5 Å². The van der Waals surface area contributed by atoms with Crippen LogP contribution in [0.25, 0.3) is 0 Å². The minimum Gasteiger partial charge on any atom is -0.324 e. The summed E-state index contributed by atoms with van der Waals surface area (Å²) in [6.07, 6.45) is 0. The maximum atomic E-state index is 11.9. The highest BCUT2D eigenvalue weighted by atomic mass is 35.5. The normalized spacial score (nSPS) is 12.1. The van der Waals surface area contributed by atoms with Crippen molar-refractivity contribution in [2.75, 3.05) is 6.54 Å². The zero-order valence-corrected chi connectivity index (χ0v) is 13.8. The summed E-state index contributed by atoms with van der Waals surface area (Å²) in [5, 5.41) is 0.666. The first-order valence-electron chi connectivity index (χ1n) is 5.30. The van der Waals surface area contributed by atoms with Crippen molar-refractivity contribution >= 4 is 45.6 Å². The molecule has 0 fully saturated rings. The molecule has 0 aliphatic heterocycles. The molecule has 0 saturated carbocycles. The highest BCUT2D eigenvalue weighted by Crippen LogP contribution is 2.25. The minimum absolute atomic E-state index is 0. The number of rotatable bonds is 5. The van der Waals surface area contributed by atoms with Gasteiger partial charge in [0.05, 0.1) is 5.75 Å². The Morgan fingerprint density at radius 2 is 1.74 bits per heavy atom. The third-order valence-corrected chi connectivity index (χ3v) is 4.10. The average molecular weight is 348 g/mol. The van der Waals surface area contributed by atoms with E-state index in [-0.39, 0.29) is 24.7 Å². The molecule has 1 aromatic carbocycles. The molecule has 0 radical (unpaired) electrons. The standard InChI is InChI=1S/C11H16Cl2N2O2S.ClH/c1-11(2,14)7-15-18(16,17)6-8-9(12)4-3-5-10(8)13;/h3-5,15H,6-7,14H2,1-2H3;1H. The Hall–Kier alpha value is -0.0400. The molecule has 0 aromatic heterocycles. The van der Waals surface area contributed by atoms with E-state index in [1.165, 1.54) is 0 Å². The van der Waals surface area contributed by atoms with Crippen molar-refractivity contribution < 1.29 is 8.42 Å². The molecule has 0 aliphatic rings. The molecule has 0 atom stereocenters. The summed E-state index contributed by atoms with van der Waals surface area (Å²) < 4.78 is 26.2. The van der Waals surface area contributed by atoms with Crippen LogP contribution in [0.4, 0.5) is 0 Å². The molecule has 110 valence electrons. The summed E-state index contributed by atoms with van der Waals surface area (Å²) in [5.74, 6) is -0.262. The lowest BCUT2D eigenvalue weighted by Crippen LogP contribution is -2.45. The van der Waals surface area contributed by atoms with Gasteiger partial charge in [0.25, 0.3) is 0 Å². The molecule has 0 unspecified atom stereocenters. The minimum atomic E-state index is -3.51. The van der Waals surface area contributed by atoms with Gasteiger partial charge in [0.1, 0.15) is 0 Å². The van der Waals surface area contributed by atoms with Gasteiger partial charge in [-0.2, -0.15) is 0 Å². The fourth-order valence-electron chi connectivity index (χ4n) is 1.21. The number of hydrogen-bond acceptors (Lipinski definition) is 3. The highest BCUT2D eigenvalue weighted by Gasteiger charge is 2.19. The van der Waals surface area contributed by atoms with Gasteiger partial charge in [-0.1, -0.05) is 29.3 Å². The van der Waals surface area contributed by atoms with Crippen molar-refractivity contribution in [3.8, 4) is 0 Å². The number of nitrogens with two attached hydrogens (primary N) is 1. The SMILES string of the molecule is CC(C)(N)CNS(=O)(=O)Cc1c(Cl)cccc1Cl.Cl. The van der Waals surface area contributed by atoms with Crippen molar-refractivity contribution in [1.29, 1.82) is 0 Å². The van der Waals surface area contributed by atoms with Gasteiger partial charge in [-0.05, 0) is 26.0 Å². The van der Waals surface area contributed by atoms with E-state index in [1.54, 1.807) is 32.0 Å². The molecule has 1 rings (SSSR count). The van der Waals surface area contributed by atoms with Crippen molar-refractivity contribution in [1.82, 2.24) is 4.72 Å². The Balaban J connectivity index is 0.00000324. The molecule has 19 heavy (non-hydrogen) atoms. The van der Waals surface area contributed by atoms with E-state index in [4.69, 9.17) is 28.9 Å². The zero-order chi connectivity index (χ0) is 14.0. The zero-order valence-electron chi connectivity index (χ0n) is 10.6. The van der Waals surface area contributed by atoms with Gasteiger partial charge in [-0.3, -0.25) is 0 Å². The van der Waals surface area contributed by atoms with E-state index in [2.05, 4.69) is 4.72 Å². The summed E-state index contributed by atoms with van der Waals surface area (Å²) >= 11 is 11.8. The summed E-state index contributed by atoms with van der Waals surface area (Å²) in [6, 6.07) is 4.87. The largest absolute Gasteiger partial charge is 0.324 e. The van der Waals surface area contributed by atoms with Gasteiger partial charge < -0.3 is 5.73 Å². The first-order chi connectivity index (χ1) is 8.11. The second kappa shape index (κ2) is 7.11. The van der Waals surface area contributed by atoms with E-state index < -0.39 is 15.6 Å². The monoisotopic (exact) mass is 346 g/mol. The molecular formula is C11H17Cl3N2O2S. The molecule has 0 saturated heterocycles. The average Bonchev–Trinajstić information content (AvgIpc) is 2.20. The maximum Gasteiger partial charge on any atom is 0.215 e. The predicted molar refractivity (Wildman–Crippen MR) is 82.6 cm³/mol. The van der Waals surface area contributed by atoms with Crippen LogP contribution in [0, 0.1) is 0 Å². The van der Waals surface area contributed by atoms with E-state index in [0.29, 0.717) is 15.6 Å². The second-order valence-electron chi connectivity index (χ2n) is 4.77. The molecular weight excluding hydrogens is 331 g/mol. The van der Waals surface area contributed by atoms with Crippen molar-refractivity contribution in [2.24, 2.45) is 5.73 Å². The number of halogens is 3. The van der Waals surface area contributed by atoms with Crippen molar-refractivity contribution in [2.45, 2.75) is 25.1 Å². The van der Waals surface area contributed by atoms with Crippen LogP contribution in [0.3, 0.4) is 0 Å². The molecule has 0 bridgehead atoms. The van der Waals surface area contributed by atoms with Crippen LogP contribution >= 0.6 is 35.6 Å². The lowest BCUT2D eigenvalue weighted by atomic mass is 10.1. The molecule has 0 spiro atoms. The molecule has 0 heterocycles. The fourth-order valence-corrected chi connectivity index (χ4v) is 3.28. The van der Waals surface area contributed by atoms with E-state index in [9.17, 15) is 8.42 Å². The highest BCUT2D eigenvalue weighted by molar-refractivity contribution is 7.88. The van der Waals surface area contributed by atoms with Crippen LogP contribution in [0.2, 0.25) is 10.0 Å². The molecule has 0 aliphatic carbocycles. The Morgan fingerprint density at radius 3 is 2.16 bits per heavy atom. The van der Waals surface area contributed by atoms with Crippen molar-refractivity contribution in [3.05, 3.63) is 33.8 Å². The van der Waals surface area contributed by atoms with Crippen LogP contribution in [0.1, 0.15) is 19.4 Å². The van der Waals surface area contributed by atoms with Gasteiger partial charge >= 0.3 is 0 Å². The van der Waals surface area contributed by atoms with E-state index in [0.717, 1.165) is 0 Å². The summed E-state index contributed by atoms with van der Waals surface area (Å²) in [7, 11) is -3.51. The third-order valence-electron chi connectivity index (χ3n) is 2.14. The van der Waals surface area contributed by atoms with Crippen LogP contribution in [-0.2, 0) is 15.8 Å². The number of nitrogens with one attached hydrogen (secondary N) is 1. The lowest BCUT2D eigenvalue weighted by Gasteiger charge is -2.19. The van der Waals surface area contributed by atoms with Gasteiger partial charge in [-0.25, -0.2) is 13.1 Å². The number of benzene rings is 1. The first-order valence-corrected chi connectivity index (χ1v) is 7.71. The Labute approximate surface area is 130 Å². The molecule has 4 nitrogen and oxygen atoms in total. The fraction of sp³-hybridized carbons (Fsp3) is 0.455. The molecule has 1 aromatic rings. The maximum absolute atomic E-state index is 11.9. The molecule has 0 amide bonds. The quantitative estimate of drug-likeness (QED) is 0.860. The van der Waals surface area contributed by atoms with E-state index in [1.807, 2.05) is 0 Å². The first kappa shape index (κ1) is 19.0. The summed E-state index contributed by atoms with van der Waals surface area (Å²) in [5.41, 5.74) is 5.49. The molecule has 8 heteroatoms. The van der Waals surface area contributed by atoms with Crippen LogP contribution in [0.15, 0.2) is 18.2 Å². The third kappa shape index (κ3) is 6.79. The second-order valence-corrected chi connectivity index (χ2v) is 7.39. The Kier molecular flexibility index (Phi) is 7.09. The van der Waals surface area contributed by atoms with Gasteiger partial charge in [-0.15, -0.1) is 12.4 Å². The summed E-state index contributed by atoms with van der Waals surface area (Å²) in [6.45, 7) is 3.62. The lowest BCUT2D eigenvalue weighted by molar-refractivity contribution is 0.497. The Morgan fingerprint density at radius 1 is 1.26 bits per heavy atom. The van der Waals surface area contributed by atoms with Gasteiger partial charge in [0.2, 0.25) is 10.0 Å². The number of hydrogen-bond donors (Lipinski definition) is 2. The van der Waals surface area contributed by atoms with Gasteiger partial charge in [0, 0.05) is 27.7 Å².